The van der Waals surface area contributed by atoms with Gasteiger partial charge in [-0.3, -0.25) is 14.6 Å². The molecule has 24 heavy (non-hydrogen) atoms. The maximum atomic E-state index is 12.8. The minimum atomic E-state index is -0.498. The van der Waals surface area contributed by atoms with Gasteiger partial charge in [-0.25, -0.2) is 0 Å². The molecule has 1 aliphatic heterocycles. The van der Waals surface area contributed by atoms with Gasteiger partial charge in [0.1, 0.15) is 0 Å². The average Bonchev–Trinajstić information content (AvgIpc) is 2.61. The van der Waals surface area contributed by atoms with Crippen LogP contribution in [0.3, 0.4) is 0 Å². The summed E-state index contributed by atoms with van der Waals surface area (Å²) in [5.74, 6) is -0.830. The Morgan fingerprint density at radius 2 is 1.96 bits per heavy atom. The van der Waals surface area contributed by atoms with E-state index in [4.69, 9.17) is 0 Å². The molecule has 3 aromatic rings. The summed E-state index contributed by atoms with van der Waals surface area (Å²) in [5.41, 5.74) is 3.06. The second kappa shape index (κ2) is 5.77. The second-order valence-electron chi connectivity index (χ2n) is 5.76. The van der Waals surface area contributed by atoms with Crippen LogP contribution in [0.2, 0.25) is 0 Å². The molecule has 0 fully saturated rings. The van der Waals surface area contributed by atoms with Crippen LogP contribution in [0.4, 0.5) is 11.4 Å². The number of pyridine rings is 1. The van der Waals surface area contributed by atoms with Gasteiger partial charge in [0.25, 0.3) is 0 Å². The van der Waals surface area contributed by atoms with Gasteiger partial charge in [-0.1, -0.05) is 24.3 Å². The van der Waals surface area contributed by atoms with E-state index in [1.165, 1.54) is 0 Å². The Hall–Kier alpha value is -3.21. The number of anilines is 2. The number of hydrogen-bond acceptors (Lipinski definition) is 3. The third kappa shape index (κ3) is 2.50. The molecule has 1 aromatic heterocycles. The number of carbonyl (C=O) groups excluding carboxylic acids is 2. The predicted octanol–water partition coefficient (Wildman–Crippen LogP) is 3.30. The van der Waals surface area contributed by atoms with E-state index in [1.54, 1.807) is 6.20 Å². The van der Waals surface area contributed by atoms with Crippen LogP contribution in [-0.4, -0.2) is 16.8 Å². The summed E-state index contributed by atoms with van der Waals surface area (Å²) in [4.78, 5) is 29.0. The second-order valence-corrected chi connectivity index (χ2v) is 5.76. The lowest BCUT2D eigenvalue weighted by Gasteiger charge is -2.25. The number of aromatic nitrogens is 1. The summed E-state index contributed by atoms with van der Waals surface area (Å²) in [6.45, 7) is 0. The van der Waals surface area contributed by atoms with Crippen molar-refractivity contribution in [2.45, 2.75) is 12.3 Å². The number of para-hydroxylation sites is 1. The fourth-order valence-electron chi connectivity index (χ4n) is 3.08. The molecule has 5 heteroatoms. The molecule has 0 bridgehead atoms. The van der Waals surface area contributed by atoms with Crippen LogP contribution < -0.4 is 10.6 Å². The lowest BCUT2D eigenvalue weighted by molar-refractivity contribution is -0.123. The molecule has 2 amide bonds. The summed E-state index contributed by atoms with van der Waals surface area (Å²) in [5, 5.41) is 6.64. The van der Waals surface area contributed by atoms with Crippen molar-refractivity contribution in [3.63, 3.8) is 0 Å². The van der Waals surface area contributed by atoms with Gasteiger partial charge in [-0.2, -0.15) is 0 Å². The lowest BCUT2D eigenvalue weighted by atomic mass is 9.89. The predicted molar refractivity (Wildman–Crippen MR) is 92.8 cm³/mol. The zero-order chi connectivity index (χ0) is 16.5. The Bertz CT molecular complexity index is 947. The summed E-state index contributed by atoms with van der Waals surface area (Å²) >= 11 is 0. The van der Waals surface area contributed by atoms with Gasteiger partial charge in [0.15, 0.2) is 0 Å². The number of nitrogens with one attached hydrogen (secondary N) is 2. The van der Waals surface area contributed by atoms with Crippen molar-refractivity contribution >= 4 is 34.1 Å². The van der Waals surface area contributed by atoms with E-state index in [0.29, 0.717) is 11.4 Å². The topological polar surface area (TPSA) is 71.1 Å². The molecule has 0 saturated carbocycles. The van der Waals surface area contributed by atoms with Crippen molar-refractivity contribution in [2.24, 2.45) is 0 Å². The number of rotatable bonds is 2. The molecule has 0 spiro atoms. The third-order valence-corrected chi connectivity index (χ3v) is 4.22. The van der Waals surface area contributed by atoms with Crippen molar-refractivity contribution in [3.8, 4) is 0 Å². The molecule has 118 valence electrons. The Morgan fingerprint density at radius 3 is 2.88 bits per heavy atom. The number of carbonyl (C=O) groups is 2. The van der Waals surface area contributed by atoms with Crippen LogP contribution in [0.1, 0.15) is 17.9 Å². The maximum absolute atomic E-state index is 12.8. The monoisotopic (exact) mass is 317 g/mol. The normalized spacial score (nSPS) is 16.3. The molecule has 2 heterocycles. The van der Waals surface area contributed by atoms with E-state index in [9.17, 15) is 9.59 Å². The molecule has 4 rings (SSSR count). The first-order chi connectivity index (χ1) is 11.7. The molecule has 2 aromatic carbocycles. The van der Waals surface area contributed by atoms with Gasteiger partial charge in [0.2, 0.25) is 11.8 Å². The van der Waals surface area contributed by atoms with Gasteiger partial charge in [0, 0.05) is 23.7 Å². The largest absolute Gasteiger partial charge is 0.326 e. The zero-order valence-corrected chi connectivity index (χ0v) is 12.8. The van der Waals surface area contributed by atoms with Crippen molar-refractivity contribution in [2.75, 3.05) is 10.6 Å². The van der Waals surface area contributed by atoms with Gasteiger partial charge >= 0.3 is 0 Å². The molecule has 0 radical (unpaired) electrons. The fraction of sp³-hybridized carbons (Fsp3) is 0.105. The van der Waals surface area contributed by atoms with E-state index >= 15 is 0 Å². The smallest absolute Gasteiger partial charge is 0.232 e. The molecule has 0 aliphatic carbocycles. The van der Waals surface area contributed by atoms with Crippen molar-refractivity contribution in [3.05, 3.63) is 66.4 Å². The van der Waals surface area contributed by atoms with Gasteiger partial charge < -0.3 is 10.6 Å². The quantitative estimate of drug-likeness (QED) is 0.762. The van der Waals surface area contributed by atoms with Crippen LogP contribution in [0, 0.1) is 0 Å². The molecule has 1 aliphatic rings. The van der Waals surface area contributed by atoms with Crippen LogP contribution in [0.5, 0.6) is 0 Å². The lowest BCUT2D eigenvalue weighted by Crippen LogP contribution is -2.30. The van der Waals surface area contributed by atoms with E-state index < -0.39 is 5.92 Å². The highest BCUT2D eigenvalue weighted by Gasteiger charge is 2.30. The highest BCUT2D eigenvalue weighted by molar-refractivity contribution is 6.08. The van der Waals surface area contributed by atoms with Crippen molar-refractivity contribution in [1.82, 2.24) is 4.98 Å². The van der Waals surface area contributed by atoms with Gasteiger partial charge in [0.05, 0.1) is 17.1 Å². The Kier molecular flexibility index (Phi) is 3.46. The first kappa shape index (κ1) is 14.4. The average molecular weight is 317 g/mol. The van der Waals surface area contributed by atoms with Crippen LogP contribution in [0.25, 0.3) is 10.9 Å². The van der Waals surface area contributed by atoms with E-state index in [0.717, 1.165) is 16.5 Å². The summed E-state index contributed by atoms with van der Waals surface area (Å²) in [6, 6.07) is 16.8. The Labute approximate surface area is 138 Å². The molecule has 1 unspecified atom stereocenters. The number of nitrogens with zero attached hydrogens (tertiary/aromatic N) is 1. The summed E-state index contributed by atoms with van der Waals surface area (Å²) in [6.07, 6.45) is 1.86. The fourth-order valence-corrected chi connectivity index (χ4v) is 3.08. The summed E-state index contributed by atoms with van der Waals surface area (Å²) in [7, 11) is 0. The zero-order valence-electron chi connectivity index (χ0n) is 12.8. The van der Waals surface area contributed by atoms with Crippen LogP contribution in [0.15, 0.2) is 60.8 Å². The van der Waals surface area contributed by atoms with E-state index in [1.807, 2.05) is 54.6 Å². The van der Waals surface area contributed by atoms with E-state index in [-0.39, 0.29) is 18.2 Å². The Morgan fingerprint density at radius 1 is 1.08 bits per heavy atom. The highest BCUT2D eigenvalue weighted by atomic mass is 16.2. The van der Waals surface area contributed by atoms with Crippen LogP contribution in [-0.2, 0) is 9.59 Å². The molecule has 0 saturated heterocycles. The van der Waals surface area contributed by atoms with Gasteiger partial charge in [-0.05, 0) is 35.9 Å². The van der Waals surface area contributed by atoms with Crippen molar-refractivity contribution < 1.29 is 9.59 Å². The van der Waals surface area contributed by atoms with Crippen molar-refractivity contribution in [1.29, 1.82) is 0 Å². The first-order valence-corrected chi connectivity index (χ1v) is 7.76. The van der Waals surface area contributed by atoms with Gasteiger partial charge in [-0.15, -0.1) is 0 Å². The van der Waals surface area contributed by atoms with Crippen LogP contribution >= 0.6 is 0 Å². The maximum Gasteiger partial charge on any atom is 0.232 e. The summed E-state index contributed by atoms with van der Waals surface area (Å²) < 4.78 is 0. The SMILES string of the molecule is O=C1CC(C(=O)Nc2cccc3ncccc23)c2ccccc2N1. The minimum Gasteiger partial charge on any atom is -0.326 e. The molecular formula is C19H15N3O2. The Balaban J connectivity index is 1.68. The molecule has 5 nitrogen and oxygen atoms in total. The third-order valence-electron chi connectivity index (χ3n) is 4.22. The highest BCUT2D eigenvalue weighted by Crippen LogP contribution is 2.33. The van der Waals surface area contributed by atoms with E-state index in [2.05, 4.69) is 15.6 Å². The minimum absolute atomic E-state index is 0.145. The first-order valence-electron chi connectivity index (χ1n) is 7.76. The number of fused-ring (bicyclic) bond motifs is 2. The number of amides is 2. The number of hydrogen-bond donors (Lipinski definition) is 2. The molecular weight excluding hydrogens is 302 g/mol. The standard InChI is InChI=1S/C19H15N3O2/c23-18-11-14(12-5-1-2-7-16(12)21-18)19(24)22-17-9-3-8-15-13(17)6-4-10-20-15/h1-10,14H,11H2,(H,21,23)(H,22,24). The molecule has 2 N–H and O–H groups in total. The molecule has 1 atom stereocenters. The number of benzene rings is 2.